The quantitative estimate of drug-likeness (QED) is 0.729. The van der Waals surface area contributed by atoms with Crippen LogP contribution in [0.5, 0.6) is 5.75 Å². The average molecular weight is 324 g/mol. The predicted octanol–water partition coefficient (Wildman–Crippen LogP) is 2.17. The first-order chi connectivity index (χ1) is 10.7. The van der Waals surface area contributed by atoms with Crippen molar-refractivity contribution in [2.75, 3.05) is 20.2 Å². The van der Waals surface area contributed by atoms with Gasteiger partial charge in [0.2, 0.25) is 0 Å². The molecule has 1 heterocycles. The zero-order chi connectivity index (χ0) is 15.5. The van der Waals surface area contributed by atoms with E-state index in [-0.39, 0.29) is 6.54 Å². The summed E-state index contributed by atoms with van der Waals surface area (Å²) in [4.78, 5) is 14.4. The van der Waals surface area contributed by atoms with Gasteiger partial charge in [0.1, 0.15) is 5.75 Å². The van der Waals surface area contributed by atoms with Crippen LogP contribution in [0.15, 0.2) is 11.4 Å². The fourth-order valence-corrected chi connectivity index (χ4v) is 3.87. The van der Waals surface area contributed by atoms with Gasteiger partial charge >= 0.3 is 5.97 Å². The van der Waals surface area contributed by atoms with Gasteiger partial charge < -0.3 is 15.2 Å². The molecule has 3 rings (SSSR count). The standard InChI is InChI=1S/C16H24N2O3S/c1-21-14-4-5-22-15(14)8-17-12-6-13(7-12)18(10-16(19)20)9-11-2-3-11/h4-5,11-13,17H,2-3,6-10H2,1H3,(H,19,20). The van der Waals surface area contributed by atoms with E-state index >= 15 is 0 Å². The molecule has 0 aliphatic heterocycles. The van der Waals surface area contributed by atoms with E-state index < -0.39 is 5.97 Å². The minimum Gasteiger partial charge on any atom is -0.496 e. The Morgan fingerprint density at radius 1 is 1.50 bits per heavy atom. The summed E-state index contributed by atoms with van der Waals surface area (Å²) in [6.45, 7) is 1.98. The highest BCUT2D eigenvalue weighted by molar-refractivity contribution is 7.10. The van der Waals surface area contributed by atoms with E-state index in [1.807, 2.05) is 11.4 Å². The van der Waals surface area contributed by atoms with E-state index in [2.05, 4.69) is 10.2 Å². The topological polar surface area (TPSA) is 61.8 Å². The highest BCUT2D eigenvalue weighted by atomic mass is 32.1. The number of hydrogen-bond donors (Lipinski definition) is 2. The van der Waals surface area contributed by atoms with Crippen LogP contribution >= 0.6 is 11.3 Å². The summed E-state index contributed by atoms with van der Waals surface area (Å²) in [5.74, 6) is 0.983. The molecule has 2 fully saturated rings. The number of carbonyl (C=O) groups is 1. The van der Waals surface area contributed by atoms with Gasteiger partial charge in [-0.25, -0.2) is 0 Å². The van der Waals surface area contributed by atoms with Gasteiger partial charge in [-0.3, -0.25) is 9.69 Å². The van der Waals surface area contributed by atoms with Gasteiger partial charge in [-0.15, -0.1) is 11.3 Å². The molecular formula is C16H24N2O3S. The van der Waals surface area contributed by atoms with Gasteiger partial charge in [0.15, 0.2) is 0 Å². The van der Waals surface area contributed by atoms with E-state index in [0.29, 0.717) is 12.1 Å². The normalized spacial score (nSPS) is 24.3. The minimum absolute atomic E-state index is 0.187. The highest BCUT2D eigenvalue weighted by Gasteiger charge is 2.36. The maximum atomic E-state index is 11.0. The SMILES string of the molecule is COc1ccsc1CNC1CC(N(CC(=O)O)CC2CC2)C1. The van der Waals surface area contributed by atoms with Gasteiger partial charge in [0.05, 0.1) is 18.5 Å². The van der Waals surface area contributed by atoms with Crippen LogP contribution in [0, 0.1) is 5.92 Å². The minimum atomic E-state index is -0.708. The van der Waals surface area contributed by atoms with Crippen LogP contribution in [0.4, 0.5) is 0 Å². The number of ether oxygens (including phenoxy) is 1. The number of hydrogen-bond acceptors (Lipinski definition) is 5. The Bertz CT molecular complexity index is 509. The lowest BCUT2D eigenvalue weighted by atomic mass is 9.85. The van der Waals surface area contributed by atoms with Crippen LogP contribution in [0.2, 0.25) is 0 Å². The first-order valence-corrected chi connectivity index (χ1v) is 8.83. The summed E-state index contributed by atoms with van der Waals surface area (Å²) in [5.41, 5.74) is 0. The lowest BCUT2D eigenvalue weighted by Crippen LogP contribution is -2.54. The first kappa shape index (κ1) is 15.8. The van der Waals surface area contributed by atoms with Crippen molar-refractivity contribution >= 4 is 17.3 Å². The molecule has 0 unspecified atom stereocenters. The Kier molecular flexibility index (Phi) is 5.00. The lowest BCUT2D eigenvalue weighted by Gasteiger charge is -2.43. The van der Waals surface area contributed by atoms with Crippen molar-refractivity contribution in [3.05, 3.63) is 16.3 Å². The molecule has 2 aliphatic rings. The summed E-state index contributed by atoms with van der Waals surface area (Å²) in [5, 5.41) is 14.7. The molecular weight excluding hydrogens is 300 g/mol. The summed E-state index contributed by atoms with van der Waals surface area (Å²) < 4.78 is 5.32. The van der Waals surface area contributed by atoms with Crippen molar-refractivity contribution < 1.29 is 14.6 Å². The van der Waals surface area contributed by atoms with Gasteiger partial charge in [-0.1, -0.05) is 0 Å². The number of carboxylic acids is 1. The number of nitrogens with one attached hydrogen (secondary N) is 1. The predicted molar refractivity (Wildman–Crippen MR) is 86.5 cm³/mol. The van der Waals surface area contributed by atoms with Gasteiger partial charge in [0.25, 0.3) is 0 Å². The number of nitrogens with zero attached hydrogens (tertiary/aromatic N) is 1. The Hall–Kier alpha value is -1.11. The van der Waals surface area contributed by atoms with Crippen molar-refractivity contribution in [3.8, 4) is 5.75 Å². The molecule has 0 radical (unpaired) electrons. The molecule has 0 bridgehead atoms. The Labute approximate surface area is 135 Å². The van der Waals surface area contributed by atoms with E-state index in [1.165, 1.54) is 17.7 Å². The molecule has 6 heteroatoms. The van der Waals surface area contributed by atoms with E-state index in [0.717, 1.165) is 37.6 Å². The second kappa shape index (κ2) is 6.98. The second-order valence-corrected chi connectivity index (χ2v) is 7.38. The zero-order valence-corrected chi connectivity index (χ0v) is 13.8. The Balaban J connectivity index is 1.42. The lowest BCUT2D eigenvalue weighted by molar-refractivity contribution is -0.139. The molecule has 0 atom stereocenters. The van der Waals surface area contributed by atoms with E-state index in [1.54, 1.807) is 18.4 Å². The molecule has 0 aromatic carbocycles. The number of thiophene rings is 1. The smallest absolute Gasteiger partial charge is 0.317 e. The van der Waals surface area contributed by atoms with Crippen LogP contribution in [0.25, 0.3) is 0 Å². The molecule has 0 amide bonds. The fourth-order valence-electron chi connectivity index (χ4n) is 3.08. The Morgan fingerprint density at radius 3 is 2.91 bits per heavy atom. The number of rotatable bonds is 9. The summed E-state index contributed by atoms with van der Waals surface area (Å²) in [6, 6.07) is 2.92. The maximum Gasteiger partial charge on any atom is 0.317 e. The third-order valence-corrected chi connectivity index (χ3v) is 5.54. The molecule has 0 saturated heterocycles. The van der Waals surface area contributed by atoms with Crippen molar-refractivity contribution in [2.24, 2.45) is 5.92 Å². The third kappa shape index (κ3) is 4.00. The van der Waals surface area contributed by atoms with Crippen LogP contribution in [0.3, 0.4) is 0 Å². The maximum absolute atomic E-state index is 11.0. The molecule has 5 nitrogen and oxygen atoms in total. The summed E-state index contributed by atoms with van der Waals surface area (Å²) in [6.07, 6.45) is 4.63. The average Bonchev–Trinajstić information content (AvgIpc) is 3.12. The largest absolute Gasteiger partial charge is 0.496 e. The second-order valence-electron chi connectivity index (χ2n) is 6.38. The van der Waals surface area contributed by atoms with Gasteiger partial charge in [-0.05, 0) is 43.0 Å². The monoisotopic (exact) mass is 324 g/mol. The number of aliphatic carboxylic acids is 1. The van der Waals surface area contributed by atoms with Crippen LogP contribution in [-0.2, 0) is 11.3 Å². The number of carboxylic acid groups (broad SMARTS) is 1. The van der Waals surface area contributed by atoms with E-state index in [4.69, 9.17) is 9.84 Å². The van der Waals surface area contributed by atoms with Gasteiger partial charge in [-0.2, -0.15) is 0 Å². The molecule has 22 heavy (non-hydrogen) atoms. The summed E-state index contributed by atoms with van der Waals surface area (Å²) in [7, 11) is 1.70. The fraction of sp³-hybridized carbons (Fsp3) is 0.688. The zero-order valence-electron chi connectivity index (χ0n) is 13.0. The first-order valence-electron chi connectivity index (χ1n) is 7.95. The van der Waals surface area contributed by atoms with Crippen molar-refractivity contribution in [3.63, 3.8) is 0 Å². The highest BCUT2D eigenvalue weighted by Crippen LogP contribution is 2.34. The van der Waals surface area contributed by atoms with Gasteiger partial charge in [0, 0.05) is 25.2 Å². The van der Waals surface area contributed by atoms with Crippen molar-refractivity contribution in [1.29, 1.82) is 0 Å². The van der Waals surface area contributed by atoms with E-state index in [9.17, 15) is 4.79 Å². The molecule has 0 spiro atoms. The molecule has 122 valence electrons. The molecule has 1 aromatic rings. The van der Waals surface area contributed by atoms with Crippen LogP contribution in [-0.4, -0.2) is 48.3 Å². The Morgan fingerprint density at radius 2 is 2.27 bits per heavy atom. The van der Waals surface area contributed by atoms with Crippen LogP contribution < -0.4 is 10.1 Å². The molecule has 1 aromatic heterocycles. The van der Waals surface area contributed by atoms with Crippen molar-refractivity contribution in [1.82, 2.24) is 10.2 Å². The molecule has 2 aliphatic carbocycles. The molecule has 2 saturated carbocycles. The third-order valence-electron chi connectivity index (χ3n) is 4.63. The van der Waals surface area contributed by atoms with Crippen molar-refractivity contribution in [2.45, 2.75) is 44.3 Å². The van der Waals surface area contributed by atoms with Crippen LogP contribution in [0.1, 0.15) is 30.6 Å². The summed E-state index contributed by atoms with van der Waals surface area (Å²) >= 11 is 1.71. The number of methoxy groups -OCH3 is 1. The molecule has 2 N–H and O–H groups in total.